The number of amides is 1. The van der Waals surface area contributed by atoms with Crippen molar-refractivity contribution in [2.75, 3.05) is 18.5 Å². The molecule has 1 aliphatic heterocycles. The summed E-state index contributed by atoms with van der Waals surface area (Å²) in [5, 5.41) is 7.69. The highest BCUT2D eigenvalue weighted by atomic mass is 16.7. The van der Waals surface area contributed by atoms with Crippen molar-refractivity contribution in [2.24, 2.45) is 0 Å². The summed E-state index contributed by atoms with van der Waals surface area (Å²) in [6.45, 7) is 7.71. The molecule has 2 aromatic rings. The maximum absolute atomic E-state index is 12.4. The Morgan fingerprint density at radius 3 is 2.69 bits per heavy atom. The van der Waals surface area contributed by atoms with Crippen LogP contribution in [0.1, 0.15) is 57.2 Å². The van der Waals surface area contributed by atoms with Crippen LogP contribution in [0.2, 0.25) is 0 Å². The normalized spacial score (nSPS) is 20.9. The minimum Gasteiger partial charge on any atom is -0.444 e. The second kappa shape index (κ2) is 7.80. The maximum Gasteiger partial charge on any atom is 0.413 e. The molecule has 1 aliphatic carbocycles. The number of benzene rings is 1. The Morgan fingerprint density at radius 1 is 1.28 bits per heavy atom. The van der Waals surface area contributed by atoms with Gasteiger partial charge in [-0.2, -0.15) is 5.10 Å². The molecule has 1 unspecified atom stereocenters. The highest BCUT2D eigenvalue weighted by Gasteiger charge is 2.45. The molecule has 0 bridgehead atoms. The molecule has 2 fully saturated rings. The summed E-state index contributed by atoms with van der Waals surface area (Å²) in [6, 6.07) is 11.6. The van der Waals surface area contributed by atoms with Gasteiger partial charge in [-0.1, -0.05) is 30.3 Å². The quantitative estimate of drug-likeness (QED) is 0.825. The van der Waals surface area contributed by atoms with Crippen molar-refractivity contribution in [2.45, 2.75) is 63.9 Å². The van der Waals surface area contributed by atoms with Crippen LogP contribution in [0.15, 0.2) is 36.4 Å². The summed E-state index contributed by atoms with van der Waals surface area (Å²) in [5.74, 6) is 0.440. The number of nitrogens with one attached hydrogen (secondary N) is 1. The smallest absolute Gasteiger partial charge is 0.413 e. The van der Waals surface area contributed by atoms with Gasteiger partial charge in [-0.15, -0.1) is 0 Å². The standard InChI is InChI=1S/C22H29N3O4/c1-21(2,3)25-19(23-20(26)27-15-16-7-5-4-6-8-16)13-18(24-25)17-9-10-22(14-17)28-11-12-29-22/h4-8,13,17H,9-12,14-15H2,1-3H3,(H,23,26). The van der Waals surface area contributed by atoms with E-state index >= 15 is 0 Å². The zero-order valence-electron chi connectivity index (χ0n) is 17.3. The van der Waals surface area contributed by atoms with Gasteiger partial charge in [-0.05, 0) is 32.8 Å². The van der Waals surface area contributed by atoms with Crippen molar-refractivity contribution in [3.8, 4) is 0 Å². The van der Waals surface area contributed by atoms with Gasteiger partial charge in [-0.25, -0.2) is 9.48 Å². The molecule has 1 atom stereocenters. The minimum absolute atomic E-state index is 0.225. The van der Waals surface area contributed by atoms with Crippen LogP contribution in [-0.2, 0) is 26.4 Å². The molecule has 1 saturated carbocycles. The van der Waals surface area contributed by atoms with Gasteiger partial charge in [0.05, 0.1) is 24.4 Å². The Morgan fingerprint density at radius 2 is 2.00 bits per heavy atom. The molecule has 1 aromatic carbocycles. The molecule has 1 saturated heterocycles. The minimum atomic E-state index is -0.490. The topological polar surface area (TPSA) is 74.6 Å². The number of nitrogens with zero attached hydrogens (tertiary/aromatic N) is 2. The van der Waals surface area contributed by atoms with Gasteiger partial charge in [0.25, 0.3) is 0 Å². The van der Waals surface area contributed by atoms with Crippen molar-refractivity contribution < 1.29 is 19.0 Å². The van der Waals surface area contributed by atoms with Crippen LogP contribution in [0.4, 0.5) is 10.6 Å². The Balaban J connectivity index is 1.46. The van der Waals surface area contributed by atoms with Crippen molar-refractivity contribution in [1.29, 1.82) is 0 Å². The fourth-order valence-electron chi connectivity index (χ4n) is 4.05. The third kappa shape index (κ3) is 4.46. The molecule has 156 valence electrons. The predicted octanol–water partition coefficient (Wildman–Crippen LogP) is 4.40. The van der Waals surface area contributed by atoms with Gasteiger partial charge in [0.2, 0.25) is 0 Å². The maximum atomic E-state index is 12.4. The third-order valence-electron chi connectivity index (χ3n) is 5.47. The second-order valence-corrected chi connectivity index (χ2v) is 8.77. The summed E-state index contributed by atoms with van der Waals surface area (Å²) in [4.78, 5) is 12.4. The first kappa shape index (κ1) is 19.9. The number of hydrogen-bond donors (Lipinski definition) is 1. The molecule has 0 radical (unpaired) electrons. The molecule has 7 heteroatoms. The molecule has 29 heavy (non-hydrogen) atoms. The van der Waals surface area contributed by atoms with Crippen LogP contribution in [0.25, 0.3) is 0 Å². The predicted molar refractivity (Wildman–Crippen MR) is 109 cm³/mol. The second-order valence-electron chi connectivity index (χ2n) is 8.77. The first-order valence-corrected chi connectivity index (χ1v) is 10.2. The summed E-state index contributed by atoms with van der Waals surface area (Å²) in [7, 11) is 0. The van der Waals surface area contributed by atoms with Crippen LogP contribution < -0.4 is 5.32 Å². The van der Waals surface area contributed by atoms with Crippen LogP contribution in [0.5, 0.6) is 0 Å². The molecule has 2 heterocycles. The molecular formula is C22H29N3O4. The summed E-state index contributed by atoms with van der Waals surface area (Å²) < 4.78 is 18.9. The van der Waals surface area contributed by atoms with E-state index in [-0.39, 0.29) is 18.1 Å². The van der Waals surface area contributed by atoms with Crippen molar-refractivity contribution in [3.63, 3.8) is 0 Å². The molecule has 1 spiro atoms. The van der Waals surface area contributed by atoms with E-state index < -0.39 is 11.9 Å². The van der Waals surface area contributed by atoms with Crippen LogP contribution in [-0.4, -0.2) is 34.9 Å². The summed E-state index contributed by atoms with van der Waals surface area (Å²) >= 11 is 0. The van der Waals surface area contributed by atoms with E-state index in [1.54, 1.807) is 0 Å². The first-order chi connectivity index (χ1) is 13.8. The number of hydrogen-bond acceptors (Lipinski definition) is 5. The fraction of sp³-hybridized carbons (Fsp3) is 0.545. The molecule has 2 aliphatic rings. The number of anilines is 1. The van der Waals surface area contributed by atoms with E-state index in [0.717, 1.165) is 30.5 Å². The van der Waals surface area contributed by atoms with Gasteiger partial charge < -0.3 is 14.2 Å². The van der Waals surface area contributed by atoms with Gasteiger partial charge in [0.15, 0.2) is 5.79 Å². The fourth-order valence-corrected chi connectivity index (χ4v) is 4.05. The average Bonchev–Trinajstić information content (AvgIpc) is 3.41. The lowest BCUT2D eigenvalue weighted by Crippen LogP contribution is -2.27. The van der Waals surface area contributed by atoms with Gasteiger partial charge in [0.1, 0.15) is 12.4 Å². The molecule has 1 N–H and O–H groups in total. The molecule has 1 amide bonds. The SMILES string of the molecule is CC(C)(C)n1nc(C2CCC3(C2)OCCO3)cc1NC(=O)OCc1ccccc1. The third-order valence-corrected chi connectivity index (χ3v) is 5.47. The number of rotatable bonds is 4. The first-order valence-electron chi connectivity index (χ1n) is 10.2. The Bertz CT molecular complexity index is 851. The van der Waals surface area contributed by atoms with E-state index in [0.29, 0.717) is 19.0 Å². The highest BCUT2D eigenvalue weighted by Crippen LogP contribution is 2.45. The van der Waals surface area contributed by atoms with E-state index in [4.69, 9.17) is 19.3 Å². The number of carbonyl (C=O) groups excluding carboxylic acids is 1. The van der Waals surface area contributed by atoms with Crippen molar-refractivity contribution in [3.05, 3.63) is 47.7 Å². The molecule has 7 nitrogen and oxygen atoms in total. The molecule has 4 rings (SSSR count). The lowest BCUT2D eigenvalue weighted by Gasteiger charge is -2.22. The molecule has 1 aromatic heterocycles. The van der Waals surface area contributed by atoms with Crippen molar-refractivity contribution in [1.82, 2.24) is 9.78 Å². The number of ether oxygens (including phenoxy) is 3. The zero-order chi connectivity index (χ0) is 20.5. The average molecular weight is 399 g/mol. The van der Waals surface area contributed by atoms with E-state index in [9.17, 15) is 4.79 Å². The zero-order valence-corrected chi connectivity index (χ0v) is 17.3. The Hall–Kier alpha value is -2.38. The van der Waals surface area contributed by atoms with E-state index in [2.05, 4.69) is 26.1 Å². The highest BCUT2D eigenvalue weighted by molar-refractivity contribution is 5.83. The van der Waals surface area contributed by atoms with Gasteiger partial charge >= 0.3 is 6.09 Å². The van der Waals surface area contributed by atoms with Crippen LogP contribution >= 0.6 is 0 Å². The van der Waals surface area contributed by atoms with Crippen LogP contribution in [0.3, 0.4) is 0 Å². The van der Waals surface area contributed by atoms with Crippen LogP contribution in [0, 0.1) is 0 Å². The number of carbonyl (C=O) groups is 1. The monoisotopic (exact) mass is 399 g/mol. The largest absolute Gasteiger partial charge is 0.444 e. The van der Waals surface area contributed by atoms with Crippen molar-refractivity contribution >= 4 is 11.9 Å². The lowest BCUT2D eigenvalue weighted by molar-refractivity contribution is -0.151. The Kier molecular flexibility index (Phi) is 5.36. The van der Waals surface area contributed by atoms with Gasteiger partial charge in [-0.3, -0.25) is 5.32 Å². The summed E-state index contributed by atoms with van der Waals surface area (Å²) in [6.07, 6.45) is 2.14. The Labute approximate surface area is 171 Å². The molecular weight excluding hydrogens is 370 g/mol. The summed E-state index contributed by atoms with van der Waals surface area (Å²) in [5.41, 5.74) is 1.62. The lowest BCUT2D eigenvalue weighted by atomic mass is 10.0. The van der Waals surface area contributed by atoms with E-state index in [1.807, 2.05) is 41.1 Å². The number of aromatic nitrogens is 2. The van der Waals surface area contributed by atoms with E-state index in [1.165, 1.54) is 0 Å². The van der Waals surface area contributed by atoms with Gasteiger partial charge in [0, 0.05) is 24.8 Å².